The zero-order valence-electron chi connectivity index (χ0n) is 20.4. The third-order valence-corrected chi connectivity index (χ3v) is 9.78. The third kappa shape index (κ3) is 2.95. The summed E-state index contributed by atoms with van der Waals surface area (Å²) in [6, 6.07) is 0. The Morgan fingerprint density at radius 3 is 2.56 bits per heavy atom. The Labute approximate surface area is 204 Å². The zero-order chi connectivity index (χ0) is 25.3. The van der Waals surface area contributed by atoms with Gasteiger partial charge in [0.2, 0.25) is 0 Å². The van der Waals surface area contributed by atoms with Crippen molar-refractivity contribution in [3.8, 4) is 0 Å². The number of rotatable bonds is 4. The molecule has 3 saturated carbocycles. The number of carbonyl (C=O) groups excluding carboxylic acids is 2. The molecule has 0 spiro atoms. The molecule has 0 saturated heterocycles. The van der Waals surface area contributed by atoms with Gasteiger partial charge in [0, 0.05) is 36.1 Å². The summed E-state index contributed by atoms with van der Waals surface area (Å²) in [6.45, 7) is 6.85. The number of hydrogen-bond donors (Lipinski definition) is 1. The topological polar surface area (TPSA) is 76.0 Å². The first kappa shape index (κ1) is 25.5. The zero-order valence-corrected chi connectivity index (χ0v) is 21.2. The molecular weight excluding hydrogens is 464 g/mol. The van der Waals surface area contributed by atoms with E-state index >= 15 is 8.78 Å². The van der Waals surface area contributed by atoms with Crippen LogP contribution in [0.1, 0.15) is 53.4 Å². The molecule has 4 rings (SSSR count). The molecule has 0 aromatic heterocycles. The van der Waals surface area contributed by atoms with Crippen molar-refractivity contribution in [1.82, 2.24) is 0 Å². The largest absolute Gasteiger partial charge is 0.450 e. The Morgan fingerprint density at radius 1 is 1.29 bits per heavy atom. The van der Waals surface area contributed by atoms with Gasteiger partial charge in [-0.05, 0) is 49.8 Å². The second kappa shape index (κ2) is 8.22. The van der Waals surface area contributed by atoms with E-state index in [1.54, 1.807) is 53.0 Å². The van der Waals surface area contributed by atoms with Crippen molar-refractivity contribution in [2.75, 3.05) is 12.9 Å². The third-order valence-electron chi connectivity index (χ3n) is 9.54. The van der Waals surface area contributed by atoms with Crippen LogP contribution in [0.2, 0.25) is 0 Å². The van der Waals surface area contributed by atoms with Crippen LogP contribution in [0.5, 0.6) is 0 Å². The minimum atomic E-state index is -2.16. The van der Waals surface area contributed by atoms with Gasteiger partial charge in [0.1, 0.15) is 6.17 Å². The van der Waals surface area contributed by atoms with Gasteiger partial charge in [0.15, 0.2) is 17.1 Å². The van der Waals surface area contributed by atoms with Crippen LogP contribution in [-0.2, 0) is 14.3 Å². The molecule has 4 aliphatic carbocycles. The van der Waals surface area contributed by atoms with Crippen molar-refractivity contribution < 1.29 is 28.2 Å². The molecule has 5 nitrogen and oxygen atoms in total. The lowest BCUT2D eigenvalue weighted by molar-refractivity contribution is -0.230. The molecule has 3 fully saturated rings. The number of allylic oxidation sites excluding steroid dienone is 4. The van der Waals surface area contributed by atoms with Crippen molar-refractivity contribution >= 4 is 29.1 Å². The van der Waals surface area contributed by atoms with Gasteiger partial charge < -0.3 is 9.84 Å². The van der Waals surface area contributed by atoms with E-state index in [1.807, 2.05) is 0 Å². The van der Waals surface area contributed by atoms with E-state index in [9.17, 15) is 14.7 Å². The fourth-order valence-corrected chi connectivity index (χ4v) is 8.09. The van der Waals surface area contributed by atoms with E-state index in [0.29, 0.717) is 12.1 Å². The Balaban J connectivity index is 1.87. The maximum Gasteiger partial charge on any atom is 0.306 e. The number of aliphatic hydroxyl groups excluding tert-OH is 1. The van der Waals surface area contributed by atoms with Gasteiger partial charge in [0.05, 0.1) is 17.7 Å². The van der Waals surface area contributed by atoms with Crippen LogP contribution in [-0.4, -0.2) is 59.0 Å². The minimum Gasteiger partial charge on any atom is -0.450 e. The Morgan fingerprint density at radius 2 is 1.97 bits per heavy atom. The Hall–Kier alpha value is -1.60. The van der Waals surface area contributed by atoms with Crippen molar-refractivity contribution in [2.45, 2.75) is 76.9 Å². The maximum atomic E-state index is 17.4. The molecule has 0 aromatic carbocycles. The normalized spacial score (nSPS) is 48.6. The predicted molar refractivity (Wildman–Crippen MR) is 126 cm³/mol. The molecule has 4 aliphatic rings. The number of aliphatic imine (C=N–C) groups is 1. The van der Waals surface area contributed by atoms with Crippen LogP contribution >= 0.6 is 11.6 Å². The van der Waals surface area contributed by atoms with Crippen LogP contribution in [0, 0.1) is 28.6 Å². The van der Waals surface area contributed by atoms with Gasteiger partial charge in [-0.25, -0.2) is 8.78 Å². The maximum absolute atomic E-state index is 17.4. The number of Topliss-reactive ketones (excluding diaryl/α,β-unsaturated/α-hetero) is 1. The van der Waals surface area contributed by atoms with E-state index in [-0.39, 0.29) is 30.7 Å². The quantitative estimate of drug-likeness (QED) is 0.456. The molecule has 0 aliphatic heterocycles. The van der Waals surface area contributed by atoms with Crippen LogP contribution in [0.3, 0.4) is 0 Å². The number of halogens is 3. The molecule has 0 radical (unpaired) electrons. The number of ether oxygens (including phenoxy) is 1. The summed E-state index contributed by atoms with van der Waals surface area (Å²) in [5, 5.41) is 11.5. The molecule has 9 atom stereocenters. The fourth-order valence-electron chi connectivity index (χ4n) is 7.89. The van der Waals surface area contributed by atoms with Crippen molar-refractivity contribution in [2.24, 2.45) is 33.6 Å². The van der Waals surface area contributed by atoms with E-state index in [1.165, 1.54) is 0 Å². The average Bonchev–Trinajstić information content (AvgIpc) is 3.02. The summed E-state index contributed by atoms with van der Waals surface area (Å²) < 4.78 is 39.0. The van der Waals surface area contributed by atoms with E-state index in [4.69, 9.17) is 16.3 Å². The first-order valence-corrected chi connectivity index (χ1v) is 12.6. The number of fused-ring (bicyclic) bond motifs is 5. The second-order valence-electron chi connectivity index (χ2n) is 10.9. The summed E-state index contributed by atoms with van der Waals surface area (Å²) in [5.41, 5.74) is -5.37. The molecule has 0 bridgehead atoms. The lowest BCUT2D eigenvalue weighted by atomic mass is 9.44. The highest BCUT2D eigenvalue weighted by Gasteiger charge is 2.77. The summed E-state index contributed by atoms with van der Waals surface area (Å²) in [5.74, 6) is -3.20. The molecule has 1 N–H and O–H groups in total. The Bertz CT molecular complexity index is 997. The average molecular weight is 498 g/mol. The van der Waals surface area contributed by atoms with Gasteiger partial charge in [0.25, 0.3) is 0 Å². The number of nitrogens with zero attached hydrogens (tertiary/aromatic N) is 1. The predicted octanol–water partition coefficient (Wildman–Crippen LogP) is 4.55. The van der Waals surface area contributed by atoms with Gasteiger partial charge in [-0.15, -0.1) is 11.6 Å². The summed E-state index contributed by atoms with van der Waals surface area (Å²) in [6.07, 6.45) is 2.16. The fraction of sp³-hybridized carbons (Fsp3) is 0.731. The number of carbonyl (C=O) groups is 2. The monoisotopic (exact) mass is 497 g/mol. The SMILES string of the molecule is CCC(=O)O[C@]1(C(=O)CCl)[C@@H](C)C[C@H]2[C@@H]3C[C@H](F)C4=C/C(=N/C)C=C[C@]4(C)[C@@]3(F)[C@@H](O)C[C@@]21C. The molecule has 188 valence electrons. The second-order valence-corrected chi connectivity index (χ2v) is 11.1. The first-order valence-electron chi connectivity index (χ1n) is 12.1. The van der Waals surface area contributed by atoms with Gasteiger partial charge in [-0.3, -0.25) is 14.6 Å². The summed E-state index contributed by atoms with van der Waals surface area (Å²) in [7, 11) is 1.59. The highest BCUT2D eigenvalue weighted by Crippen LogP contribution is 2.71. The van der Waals surface area contributed by atoms with Crippen molar-refractivity contribution in [3.63, 3.8) is 0 Å². The molecule has 0 amide bonds. The first-order chi connectivity index (χ1) is 15.9. The lowest BCUT2D eigenvalue weighted by Gasteiger charge is -2.63. The molecule has 8 heteroatoms. The van der Waals surface area contributed by atoms with Crippen LogP contribution in [0.15, 0.2) is 28.8 Å². The molecule has 0 heterocycles. The molecular formula is C26H34ClF2NO4. The van der Waals surface area contributed by atoms with Crippen LogP contribution in [0.25, 0.3) is 0 Å². The molecule has 0 aromatic rings. The molecule has 0 unspecified atom stereocenters. The van der Waals surface area contributed by atoms with Crippen LogP contribution < -0.4 is 0 Å². The van der Waals surface area contributed by atoms with E-state index in [2.05, 4.69) is 4.99 Å². The number of ketones is 1. The van der Waals surface area contributed by atoms with Gasteiger partial charge in [-0.1, -0.05) is 26.8 Å². The highest BCUT2D eigenvalue weighted by molar-refractivity contribution is 6.29. The van der Waals surface area contributed by atoms with E-state index in [0.717, 1.165) is 0 Å². The lowest BCUT2D eigenvalue weighted by Crippen LogP contribution is -2.71. The van der Waals surface area contributed by atoms with E-state index < -0.39 is 63.9 Å². The summed E-state index contributed by atoms with van der Waals surface area (Å²) in [4.78, 5) is 29.9. The number of hydrogen-bond acceptors (Lipinski definition) is 5. The van der Waals surface area contributed by atoms with Gasteiger partial charge >= 0.3 is 5.97 Å². The number of alkyl halides is 3. The Kier molecular flexibility index (Phi) is 6.17. The van der Waals surface area contributed by atoms with Crippen molar-refractivity contribution in [1.29, 1.82) is 0 Å². The number of aliphatic hydroxyl groups is 1. The highest BCUT2D eigenvalue weighted by atomic mass is 35.5. The number of esters is 1. The summed E-state index contributed by atoms with van der Waals surface area (Å²) >= 11 is 6.01. The standard InChI is InChI=1S/C26H34ClF2NO4/c1-6-22(33)34-26(21(32)13-27)14(2)9-16-17-11-19(28)18-10-15(30-5)7-8-23(18,3)25(17,29)20(31)12-24(16,26)4/h7-8,10,14,16-17,19-20,31H,6,9,11-13H2,1-5H3/b30-15+/t14-,16-,17-,19-,20-,23-,24-,25-,26-/m0/s1. The molecule has 34 heavy (non-hydrogen) atoms. The van der Waals surface area contributed by atoms with Crippen molar-refractivity contribution in [3.05, 3.63) is 23.8 Å². The minimum absolute atomic E-state index is 0.0642. The van der Waals surface area contributed by atoms with Crippen LogP contribution in [0.4, 0.5) is 8.78 Å². The van der Waals surface area contributed by atoms with Gasteiger partial charge in [-0.2, -0.15) is 0 Å². The smallest absolute Gasteiger partial charge is 0.306 e.